The largest absolute Gasteiger partial charge is 0.348 e. The molecule has 0 atom stereocenters. The Morgan fingerprint density at radius 3 is 2.27 bits per heavy atom. The summed E-state index contributed by atoms with van der Waals surface area (Å²) in [4.78, 5) is 34.5. The van der Waals surface area contributed by atoms with Crippen LogP contribution in [-0.2, 0) is 6.54 Å². The molecule has 2 heterocycles. The van der Waals surface area contributed by atoms with Gasteiger partial charge in [0.1, 0.15) is 5.82 Å². The first-order valence-electron chi connectivity index (χ1n) is 10.9. The highest BCUT2D eigenvalue weighted by Gasteiger charge is 2.26. The van der Waals surface area contributed by atoms with Gasteiger partial charge in [-0.3, -0.25) is 14.2 Å². The number of hydrogen-bond donors (Lipinski definition) is 0. The second-order valence-electron chi connectivity index (χ2n) is 8.06. The highest BCUT2D eigenvalue weighted by Crippen LogP contribution is 2.18. The number of anilines is 1. The Labute approximate surface area is 190 Å². The first-order valence-corrected chi connectivity index (χ1v) is 10.9. The molecule has 1 aliphatic rings. The average molecular weight is 442 g/mol. The number of amides is 1. The molecule has 0 saturated carbocycles. The summed E-state index contributed by atoms with van der Waals surface area (Å²) >= 11 is 0. The number of hydrogen-bond acceptors (Lipinski definition) is 4. The van der Waals surface area contributed by atoms with Crippen molar-refractivity contribution in [3.05, 3.63) is 106 Å². The van der Waals surface area contributed by atoms with E-state index in [0.29, 0.717) is 38.5 Å². The lowest BCUT2D eigenvalue weighted by atomic mass is 10.1. The minimum absolute atomic E-state index is 0.0694. The molecule has 1 fully saturated rings. The maximum atomic E-state index is 14.0. The van der Waals surface area contributed by atoms with Crippen LogP contribution in [0.3, 0.4) is 0 Å². The quantitative estimate of drug-likeness (QED) is 0.485. The molecule has 5 rings (SSSR count). The number of carbonyl (C=O) groups excluding carboxylic acids is 1. The van der Waals surface area contributed by atoms with Crippen LogP contribution in [-0.4, -0.2) is 46.5 Å². The van der Waals surface area contributed by atoms with E-state index >= 15 is 0 Å². The van der Waals surface area contributed by atoms with Crippen LogP contribution in [0.4, 0.5) is 10.2 Å². The topological polar surface area (TPSA) is 58.4 Å². The van der Waals surface area contributed by atoms with E-state index in [0.717, 1.165) is 16.6 Å². The van der Waals surface area contributed by atoms with E-state index in [-0.39, 0.29) is 17.0 Å². The molecule has 0 aliphatic carbocycles. The van der Waals surface area contributed by atoms with Crippen LogP contribution in [0.25, 0.3) is 11.0 Å². The molecular formula is C26H23FN4O2. The summed E-state index contributed by atoms with van der Waals surface area (Å²) in [6.45, 7) is 2.12. The molecule has 0 radical (unpaired) electrons. The van der Waals surface area contributed by atoms with Gasteiger partial charge >= 0.3 is 0 Å². The van der Waals surface area contributed by atoms with Crippen molar-refractivity contribution in [3.63, 3.8) is 0 Å². The van der Waals surface area contributed by atoms with Gasteiger partial charge in [0, 0.05) is 26.2 Å². The fourth-order valence-electron chi connectivity index (χ4n) is 4.23. The van der Waals surface area contributed by atoms with E-state index in [1.807, 2.05) is 59.5 Å². The maximum absolute atomic E-state index is 14.0. The number of para-hydroxylation sites is 2. The third-order valence-electron chi connectivity index (χ3n) is 5.99. The molecule has 7 heteroatoms. The van der Waals surface area contributed by atoms with Crippen molar-refractivity contribution >= 4 is 22.8 Å². The number of benzene rings is 3. The number of piperazine rings is 1. The highest BCUT2D eigenvalue weighted by molar-refractivity contribution is 5.94. The highest BCUT2D eigenvalue weighted by atomic mass is 19.1. The Morgan fingerprint density at radius 1 is 0.848 bits per heavy atom. The SMILES string of the molecule is O=C(c1ccccc1F)N1CCN(c2nc3ccccc3n(Cc3ccccc3)c2=O)CC1. The van der Waals surface area contributed by atoms with Crippen LogP contribution in [0.5, 0.6) is 0 Å². The third-order valence-corrected chi connectivity index (χ3v) is 5.99. The number of nitrogens with zero attached hydrogens (tertiary/aromatic N) is 4. The van der Waals surface area contributed by atoms with Crippen molar-refractivity contribution in [2.75, 3.05) is 31.1 Å². The molecule has 1 aliphatic heterocycles. The summed E-state index contributed by atoms with van der Waals surface area (Å²) in [5.41, 5.74) is 2.46. The molecule has 1 amide bonds. The van der Waals surface area contributed by atoms with Gasteiger partial charge in [-0.1, -0.05) is 54.6 Å². The Hall–Kier alpha value is -4.00. The Morgan fingerprint density at radius 2 is 1.52 bits per heavy atom. The zero-order valence-corrected chi connectivity index (χ0v) is 18.0. The van der Waals surface area contributed by atoms with Gasteiger partial charge in [0.15, 0.2) is 5.82 Å². The monoisotopic (exact) mass is 442 g/mol. The molecule has 0 spiro atoms. The van der Waals surface area contributed by atoms with Crippen LogP contribution in [0.15, 0.2) is 83.7 Å². The molecule has 1 saturated heterocycles. The number of halogens is 1. The third kappa shape index (κ3) is 4.09. The van der Waals surface area contributed by atoms with Crippen LogP contribution < -0.4 is 10.5 Å². The van der Waals surface area contributed by atoms with Gasteiger partial charge in [-0.2, -0.15) is 0 Å². The maximum Gasteiger partial charge on any atom is 0.294 e. The first kappa shape index (κ1) is 20.9. The molecule has 0 unspecified atom stereocenters. The lowest BCUT2D eigenvalue weighted by molar-refractivity contribution is 0.0741. The number of fused-ring (bicyclic) bond motifs is 1. The second-order valence-corrected chi connectivity index (χ2v) is 8.06. The van der Waals surface area contributed by atoms with Crippen molar-refractivity contribution in [1.29, 1.82) is 0 Å². The van der Waals surface area contributed by atoms with E-state index in [9.17, 15) is 14.0 Å². The van der Waals surface area contributed by atoms with Gasteiger partial charge in [0.25, 0.3) is 11.5 Å². The molecule has 3 aromatic carbocycles. The normalized spacial score (nSPS) is 14.0. The smallest absolute Gasteiger partial charge is 0.294 e. The Kier molecular flexibility index (Phi) is 5.60. The Bertz CT molecular complexity index is 1360. The fourth-order valence-corrected chi connectivity index (χ4v) is 4.23. The summed E-state index contributed by atoms with van der Waals surface area (Å²) in [6, 6.07) is 23.5. The van der Waals surface area contributed by atoms with Crippen LogP contribution in [0.1, 0.15) is 15.9 Å². The van der Waals surface area contributed by atoms with Gasteiger partial charge < -0.3 is 9.80 Å². The van der Waals surface area contributed by atoms with Crippen molar-refractivity contribution in [2.24, 2.45) is 0 Å². The summed E-state index contributed by atoms with van der Waals surface area (Å²) in [5.74, 6) is -0.478. The number of rotatable bonds is 4. The van der Waals surface area contributed by atoms with Gasteiger partial charge in [-0.25, -0.2) is 9.37 Å². The van der Waals surface area contributed by atoms with E-state index in [1.54, 1.807) is 21.6 Å². The molecule has 1 aromatic heterocycles. The zero-order chi connectivity index (χ0) is 22.8. The minimum atomic E-state index is -0.523. The second kappa shape index (κ2) is 8.86. The fraction of sp³-hybridized carbons (Fsp3) is 0.192. The summed E-state index contributed by atoms with van der Waals surface area (Å²) < 4.78 is 15.8. The van der Waals surface area contributed by atoms with Gasteiger partial charge in [-0.05, 0) is 29.8 Å². The molecule has 166 valence electrons. The van der Waals surface area contributed by atoms with Crippen molar-refractivity contribution < 1.29 is 9.18 Å². The van der Waals surface area contributed by atoms with Crippen LogP contribution in [0, 0.1) is 5.82 Å². The predicted octanol–water partition coefficient (Wildman–Crippen LogP) is 3.55. The molecule has 4 aromatic rings. The van der Waals surface area contributed by atoms with Gasteiger partial charge in [-0.15, -0.1) is 0 Å². The van der Waals surface area contributed by atoms with Crippen molar-refractivity contribution in [2.45, 2.75) is 6.54 Å². The standard InChI is InChI=1S/C26H23FN4O2/c27-21-11-5-4-10-20(21)25(32)30-16-14-29(15-17-30)24-26(33)31(18-19-8-2-1-3-9-19)23-13-7-6-12-22(23)28-24/h1-13H,14-18H2. The average Bonchev–Trinajstić information content (AvgIpc) is 2.86. The van der Waals surface area contributed by atoms with Gasteiger partial charge in [0.2, 0.25) is 0 Å². The molecule has 33 heavy (non-hydrogen) atoms. The molecule has 0 N–H and O–H groups in total. The molecular weight excluding hydrogens is 419 g/mol. The summed E-state index contributed by atoms with van der Waals surface area (Å²) in [7, 11) is 0. The lowest BCUT2D eigenvalue weighted by Crippen LogP contribution is -2.50. The van der Waals surface area contributed by atoms with Crippen LogP contribution in [0.2, 0.25) is 0 Å². The van der Waals surface area contributed by atoms with Crippen molar-refractivity contribution in [3.8, 4) is 0 Å². The zero-order valence-electron chi connectivity index (χ0n) is 18.0. The van der Waals surface area contributed by atoms with E-state index in [2.05, 4.69) is 4.98 Å². The van der Waals surface area contributed by atoms with Crippen LogP contribution >= 0.6 is 0 Å². The molecule has 0 bridgehead atoms. The number of carbonyl (C=O) groups is 1. The van der Waals surface area contributed by atoms with Crippen molar-refractivity contribution in [1.82, 2.24) is 14.5 Å². The van der Waals surface area contributed by atoms with E-state index < -0.39 is 5.82 Å². The minimum Gasteiger partial charge on any atom is -0.348 e. The number of aromatic nitrogens is 2. The lowest BCUT2D eigenvalue weighted by Gasteiger charge is -2.35. The van der Waals surface area contributed by atoms with E-state index in [4.69, 9.17) is 0 Å². The summed E-state index contributed by atoms with van der Waals surface area (Å²) in [6.07, 6.45) is 0. The van der Waals surface area contributed by atoms with E-state index in [1.165, 1.54) is 12.1 Å². The van der Waals surface area contributed by atoms with Gasteiger partial charge in [0.05, 0.1) is 23.1 Å². The summed E-state index contributed by atoms with van der Waals surface area (Å²) in [5, 5.41) is 0. The molecule has 6 nitrogen and oxygen atoms in total. The first-order chi connectivity index (χ1) is 16.1. The Balaban J connectivity index is 1.43. The predicted molar refractivity (Wildman–Crippen MR) is 126 cm³/mol.